The molecule has 0 aliphatic heterocycles. The molecular weight excluding hydrogens is 266 g/mol. The zero-order valence-corrected chi connectivity index (χ0v) is 10.9. The van der Waals surface area contributed by atoms with Crippen molar-refractivity contribution in [2.45, 2.75) is 31.1 Å². The van der Waals surface area contributed by atoms with E-state index in [-0.39, 0.29) is 0 Å². The molecule has 0 radical (unpaired) electrons. The Morgan fingerprint density at radius 3 is 1.94 bits per heavy atom. The van der Waals surface area contributed by atoms with Crippen molar-refractivity contribution < 1.29 is 33.0 Å². The highest BCUT2D eigenvalue weighted by atomic mass is 32.2. The Bertz CT molecular complexity index is 465. The first kappa shape index (κ1) is 16.4. The molecule has 0 rings (SSSR count). The Morgan fingerprint density at radius 1 is 1.22 bits per heavy atom. The first-order valence-corrected chi connectivity index (χ1v) is 6.74. The average molecular weight is 281 g/mol. The average Bonchev–Trinajstić information content (AvgIpc) is 2.13. The van der Waals surface area contributed by atoms with E-state index in [0.717, 1.165) is 20.1 Å². The van der Waals surface area contributed by atoms with Gasteiger partial charge in [-0.25, -0.2) is 13.2 Å². The zero-order chi connectivity index (χ0) is 14.7. The molecule has 0 aliphatic carbocycles. The van der Waals surface area contributed by atoms with Crippen LogP contribution in [0.2, 0.25) is 0 Å². The molecule has 9 heteroatoms. The lowest BCUT2D eigenvalue weighted by Crippen LogP contribution is -2.53. The van der Waals surface area contributed by atoms with Crippen molar-refractivity contribution in [3.05, 3.63) is 0 Å². The Kier molecular flexibility index (Phi) is 4.85. The Labute approximate surface area is 104 Å². The van der Waals surface area contributed by atoms with E-state index < -0.39 is 44.9 Å². The maximum Gasteiger partial charge on any atom is 0.326 e. The largest absolute Gasteiger partial charge is 0.481 e. The summed E-state index contributed by atoms with van der Waals surface area (Å²) in [5.41, 5.74) is 0. The molecule has 8 nitrogen and oxygen atoms in total. The molecular formula is C9H15NO7S. The van der Waals surface area contributed by atoms with Gasteiger partial charge in [-0.15, -0.1) is 0 Å². The molecule has 1 amide bonds. The van der Waals surface area contributed by atoms with Gasteiger partial charge >= 0.3 is 11.9 Å². The van der Waals surface area contributed by atoms with Crippen molar-refractivity contribution in [1.82, 2.24) is 5.32 Å². The number of carboxylic acids is 2. The highest BCUT2D eigenvalue weighted by molar-refractivity contribution is 7.92. The number of hydrogen-bond acceptors (Lipinski definition) is 5. The van der Waals surface area contributed by atoms with Crippen LogP contribution in [0.1, 0.15) is 20.3 Å². The first-order valence-electron chi connectivity index (χ1n) is 4.84. The van der Waals surface area contributed by atoms with Crippen LogP contribution in [0.15, 0.2) is 0 Å². The van der Waals surface area contributed by atoms with Gasteiger partial charge in [0.2, 0.25) is 5.91 Å². The molecule has 3 N–H and O–H groups in total. The lowest BCUT2D eigenvalue weighted by Gasteiger charge is -2.23. The number of sulfone groups is 1. The van der Waals surface area contributed by atoms with Crippen LogP contribution < -0.4 is 5.32 Å². The number of rotatable bonds is 6. The third kappa shape index (κ3) is 3.99. The molecule has 104 valence electrons. The van der Waals surface area contributed by atoms with Gasteiger partial charge in [-0.3, -0.25) is 9.59 Å². The first-order chi connectivity index (χ1) is 7.89. The molecule has 0 spiro atoms. The lowest BCUT2D eigenvalue weighted by molar-refractivity contribution is -0.147. The second kappa shape index (κ2) is 5.34. The van der Waals surface area contributed by atoms with Crippen molar-refractivity contribution in [1.29, 1.82) is 0 Å². The second-order valence-corrected chi connectivity index (χ2v) is 6.81. The van der Waals surface area contributed by atoms with Crippen molar-refractivity contribution in [3.63, 3.8) is 0 Å². The molecule has 0 aliphatic rings. The minimum atomic E-state index is -3.75. The standard InChI is InChI=1S/C9H15NO7S/c1-9(2,18(3,16)17)8(15)10-5(7(13)14)4-6(11)12/h5H,4H2,1-3H3,(H,10,15)(H,11,12)(H,13,14). The number of aliphatic carboxylic acids is 2. The van der Waals surface area contributed by atoms with Gasteiger partial charge in [-0.05, 0) is 13.8 Å². The van der Waals surface area contributed by atoms with Gasteiger partial charge in [0, 0.05) is 6.26 Å². The Balaban J connectivity index is 5.03. The van der Waals surface area contributed by atoms with Crippen molar-refractivity contribution in [3.8, 4) is 0 Å². The fourth-order valence-electron chi connectivity index (χ4n) is 0.875. The molecule has 0 aromatic heterocycles. The predicted molar refractivity (Wildman–Crippen MR) is 60.7 cm³/mol. The maximum absolute atomic E-state index is 11.7. The van der Waals surface area contributed by atoms with Crippen LogP contribution in [-0.2, 0) is 24.2 Å². The summed E-state index contributed by atoms with van der Waals surface area (Å²) in [4.78, 5) is 32.8. The summed E-state index contributed by atoms with van der Waals surface area (Å²) in [6.45, 7) is 2.22. The molecule has 0 aromatic carbocycles. The highest BCUT2D eigenvalue weighted by Gasteiger charge is 2.40. The van der Waals surface area contributed by atoms with Gasteiger partial charge in [-0.1, -0.05) is 0 Å². The number of carbonyl (C=O) groups excluding carboxylic acids is 1. The zero-order valence-electron chi connectivity index (χ0n) is 10.1. The van der Waals surface area contributed by atoms with Gasteiger partial charge in [0.25, 0.3) is 0 Å². The topological polar surface area (TPSA) is 138 Å². The summed E-state index contributed by atoms with van der Waals surface area (Å²) < 4.78 is 20.9. The summed E-state index contributed by atoms with van der Waals surface area (Å²) >= 11 is 0. The minimum Gasteiger partial charge on any atom is -0.481 e. The van der Waals surface area contributed by atoms with Crippen LogP contribution in [-0.4, -0.2) is 53.5 Å². The van der Waals surface area contributed by atoms with E-state index in [1.54, 1.807) is 0 Å². The lowest BCUT2D eigenvalue weighted by atomic mass is 10.1. The van der Waals surface area contributed by atoms with Crippen LogP contribution in [0.4, 0.5) is 0 Å². The number of hydrogen-bond donors (Lipinski definition) is 3. The maximum atomic E-state index is 11.7. The van der Waals surface area contributed by atoms with Crippen LogP contribution >= 0.6 is 0 Å². The number of carboxylic acid groups (broad SMARTS) is 2. The van der Waals surface area contributed by atoms with E-state index in [4.69, 9.17) is 10.2 Å². The molecule has 0 saturated carbocycles. The molecule has 18 heavy (non-hydrogen) atoms. The normalized spacial score (nSPS) is 13.7. The highest BCUT2D eigenvalue weighted by Crippen LogP contribution is 2.15. The van der Waals surface area contributed by atoms with Crippen molar-refractivity contribution in [2.24, 2.45) is 0 Å². The number of amides is 1. The fraction of sp³-hybridized carbons (Fsp3) is 0.667. The predicted octanol–water partition coefficient (Wildman–Crippen LogP) is -1.15. The van der Waals surface area contributed by atoms with Crippen LogP contribution in [0.25, 0.3) is 0 Å². The van der Waals surface area contributed by atoms with Crippen LogP contribution in [0.5, 0.6) is 0 Å². The second-order valence-electron chi connectivity index (χ2n) is 4.24. The molecule has 0 fully saturated rings. The van der Waals surface area contributed by atoms with Crippen LogP contribution in [0.3, 0.4) is 0 Å². The van der Waals surface area contributed by atoms with E-state index in [0.29, 0.717) is 0 Å². The molecule has 1 unspecified atom stereocenters. The van der Waals surface area contributed by atoms with Gasteiger partial charge < -0.3 is 15.5 Å². The molecule has 0 saturated heterocycles. The van der Waals surface area contributed by atoms with Gasteiger partial charge in [0.15, 0.2) is 9.84 Å². The third-order valence-electron chi connectivity index (χ3n) is 2.46. The number of carbonyl (C=O) groups is 3. The van der Waals surface area contributed by atoms with Gasteiger partial charge in [0.1, 0.15) is 10.8 Å². The van der Waals surface area contributed by atoms with E-state index >= 15 is 0 Å². The summed E-state index contributed by atoms with van der Waals surface area (Å²) in [5.74, 6) is -4.02. The van der Waals surface area contributed by atoms with Crippen LogP contribution in [0, 0.1) is 0 Å². The van der Waals surface area contributed by atoms with E-state index in [2.05, 4.69) is 0 Å². The third-order valence-corrected chi connectivity index (χ3v) is 4.50. The Hall–Kier alpha value is -1.64. The summed E-state index contributed by atoms with van der Waals surface area (Å²) in [6, 6.07) is -1.67. The van der Waals surface area contributed by atoms with E-state index in [1.165, 1.54) is 0 Å². The number of nitrogens with one attached hydrogen (secondary N) is 1. The van der Waals surface area contributed by atoms with E-state index in [9.17, 15) is 22.8 Å². The molecule has 0 aromatic rings. The monoisotopic (exact) mass is 281 g/mol. The molecule has 0 bridgehead atoms. The summed E-state index contributed by atoms with van der Waals surface area (Å²) in [6.07, 6.45) is 0.000461. The SMILES string of the molecule is CC(C)(C(=O)NC(CC(=O)O)C(=O)O)S(C)(=O)=O. The van der Waals surface area contributed by atoms with Crippen molar-refractivity contribution >= 4 is 27.7 Å². The van der Waals surface area contributed by atoms with Crippen molar-refractivity contribution in [2.75, 3.05) is 6.26 Å². The molecule has 0 heterocycles. The van der Waals surface area contributed by atoms with Gasteiger partial charge in [0.05, 0.1) is 6.42 Å². The molecule has 1 atom stereocenters. The summed E-state index contributed by atoms with van der Waals surface area (Å²) in [5, 5.41) is 19.1. The summed E-state index contributed by atoms with van der Waals surface area (Å²) in [7, 11) is -3.75. The fourth-order valence-corrected chi connectivity index (χ4v) is 1.27. The van der Waals surface area contributed by atoms with Gasteiger partial charge in [-0.2, -0.15) is 0 Å². The smallest absolute Gasteiger partial charge is 0.326 e. The Morgan fingerprint density at radius 2 is 1.67 bits per heavy atom. The minimum absolute atomic E-state index is 0.832. The quantitative estimate of drug-likeness (QED) is 0.559. The van der Waals surface area contributed by atoms with E-state index in [1.807, 2.05) is 5.32 Å².